The Morgan fingerprint density at radius 3 is 2.31 bits per heavy atom. The molecule has 204 valence electrons. The summed E-state index contributed by atoms with van der Waals surface area (Å²) in [5, 5.41) is 0.805. The van der Waals surface area contributed by atoms with E-state index in [1.165, 1.54) is 0 Å². The lowest BCUT2D eigenvalue weighted by molar-refractivity contribution is 0.0609. The summed E-state index contributed by atoms with van der Waals surface area (Å²) in [6.07, 6.45) is 3.99. The molecule has 0 aromatic heterocycles. The standard InChI is InChI=1S/C31H33Cl2N3O3/c1-23-9-11-25(12-10-23)30(37)35(15-5-7-24-6-3-4-8-29(24)39-2)19-16-34-17-20-36(21-18-34)31(38)26-13-14-27(32)28(33)22-26/h3-14,22H,15-21H2,1-2H3/b7-5+. The number of para-hydroxylation sites is 1. The van der Waals surface area contributed by atoms with Gasteiger partial charge in [-0.2, -0.15) is 0 Å². The number of methoxy groups -OCH3 is 1. The van der Waals surface area contributed by atoms with Gasteiger partial charge in [-0.3, -0.25) is 14.5 Å². The van der Waals surface area contributed by atoms with Gasteiger partial charge in [0.1, 0.15) is 5.75 Å². The molecule has 39 heavy (non-hydrogen) atoms. The molecule has 1 aliphatic rings. The molecule has 0 unspecified atom stereocenters. The van der Waals surface area contributed by atoms with Gasteiger partial charge in [-0.25, -0.2) is 0 Å². The molecule has 2 amide bonds. The third-order valence-electron chi connectivity index (χ3n) is 6.86. The summed E-state index contributed by atoms with van der Waals surface area (Å²) in [6.45, 7) is 6.46. The molecule has 1 saturated heterocycles. The normalized spacial score (nSPS) is 14.0. The highest BCUT2D eigenvalue weighted by molar-refractivity contribution is 6.42. The molecule has 8 heteroatoms. The van der Waals surface area contributed by atoms with Crippen LogP contribution in [0.15, 0.2) is 72.8 Å². The molecule has 0 N–H and O–H groups in total. The third-order valence-corrected chi connectivity index (χ3v) is 7.60. The first-order chi connectivity index (χ1) is 18.9. The summed E-state index contributed by atoms with van der Waals surface area (Å²) in [5.41, 5.74) is 3.28. The molecule has 6 nitrogen and oxygen atoms in total. The van der Waals surface area contributed by atoms with Crippen molar-refractivity contribution in [2.75, 3.05) is 52.9 Å². The number of carbonyl (C=O) groups excluding carboxylic acids is 2. The molecule has 0 bridgehead atoms. The molecule has 3 aromatic rings. The second-order valence-corrected chi connectivity index (χ2v) is 10.3. The van der Waals surface area contributed by atoms with Crippen molar-refractivity contribution in [3.05, 3.63) is 105 Å². The van der Waals surface area contributed by atoms with E-state index in [1.54, 1.807) is 25.3 Å². The molecule has 4 rings (SSSR count). The molecule has 1 aliphatic heterocycles. The maximum absolute atomic E-state index is 13.4. The van der Waals surface area contributed by atoms with Crippen LogP contribution >= 0.6 is 23.2 Å². The number of aryl methyl sites for hydroxylation is 1. The molecule has 0 spiro atoms. The Morgan fingerprint density at radius 2 is 1.62 bits per heavy atom. The second kappa shape index (κ2) is 13.7. The average molecular weight is 567 g/mol. The van der Waals surface area contributed by atoms with Crippen LogP contribution in [0, 0.1) is 6.92 Å². The maximum Gasteiger partial charge on any atom is 0.254 e. The monoisotopic (exact) mass is 565 g/mol. The van der Waals surface area contributed by atoms with Crippen LogP contribution in [0.1, 0.15) is 31.8 Å². The molecular formula is C31H33Cl2N3O3. The fourth-order valence-electron chi connectivity index (χ4n) is 4.51. The van der Waals surface area contributed by atoms with Gasteiger partial charge in [0.25, 0.3) is 11.8 Å². The number of halogens is 2. The number of benzene rings is 3. The predicted octanol–water partition coefficient (Wildman–Crippen LogP) is 5.92. The quantitative estimate of drug-likeness (QED) is 0.323. The van der Waals surface area contributed by atoms with Crippen LogP contribution in [0.4, 0.5) is 0 Å². The molecular weight excluding hydrogens is 533 g/mol. The van der Waals surface area contributed by atoms with Crippen LogP contribution in [-0.2, 0) is 0 Å². The molecule has 0 radical (unpaired) electrons. The van der Waals surface area contributed by atoms with Crippen LogP contribution in [0.25, 0.3) is 6.08 Å². The number of nitrogens with zero attached hydrogens (tertiary/aromatic N) is 3. The Bertz CT molecular complexity index is 1320. The first-order valence-electron chi connectivity index (χ1n) is 13.0. The number of ether oxygens (including phenoxy) is 1. The van der Waals surface area contributed by atoms with Crippen LogP contribution in [0.2, 0.25) is 10.0 Å². The van der Waals surface area contributed by atoms with E-state index in [0.717, 1.165) is 36.5 Å². The Labute approximate surface area is 240 Å². The van der Waals surface area contributed by atoms with E-state index < -0.39 is 0 Å². The number of rotatable bonds is 9. The smallest absolute Gasteiger partial charge is 0.254 e. The zero-order valence-electron chi connectivity index (χ0n) is 22.3. The lowest BCUT2D eigenvalue weighted by atomic mass is 10.1. The summed E-state index contributed by atoms with van der Waals surface area (Å²) in [4.78, 5) is 32.3. The van der Waals surface area contributed by atoms with Gasteiger partial charge in [-0.1, -0.05) is 71.2 Å². The van der Waals surface area contributed by atoms with Gasteiger partial charge < -0.3 is 14.5 Å². The van der Waals surface area contributed by atoms with Gasteiger partial charge in [-0.15, -0.1) is 0 Å². The molecule has 1 heterocycles. The fourth-order valence-corrected chi connectivity index (χ4v) is 4.81. The molecule has 3 aromatic carbocycles. The van der Waals surface area contributed by atoms with Gasteiger partial charge in [0.15, 0.2) is 0 Å². The summed E-state index contributed by atoms with van der Waals surface area (Å²) in [7, 11) is 1.65. The van der Waals surface area contributed by atoms with E-state index in [-0.39, 0.29) is 11.8 Å². The number of hydrogen-bond donors (Lipinski definition) is 0. The second-order valence-electron chi connectivity index (χ2n) is 9.52. The highest BCUT2D eigenvalue weighted by Crippen LogP contribution is 2.24. The predicted molar refractivity (Wildman–Crippen MR) is 158 cm³/mol. The lowest BCUT2D eigenvalue weighted by Gasteiger charge is -2.36. The lowest BCUT2D eigenvalue weighted by Crippen LogP contribution is -2.50. The number of carbonyl (C=O) groups is 2. The first-order valence-corrected chi connectivity index (χ1v) is 13.7. The van der Waals surface area contributed by atoms with Gasteiger partial charge in [0, 0.05) is 62.5 Å². The van der Waals surface area contributed by atoms with Crippen LogP contribution in [-0.4, -0.2) is 79.4 Å². The van der Waals surface area contributed by atoms with Crippen molar-refractivity contribution in [1.82, 2.24) is 14.7 Å². The largest absolute Gasteiger partial charge is 0.496 e. The Morgan fingerprint density at radius 1 is 0.923 bits per heavy atom. The van der Waals surface area contributed by atoms with Crippen molar-refractivity contribution in [3.63, 3.8) is 0 Å². The number of piperazine rings is 1. The third kappa shape index (κ3) is 7.63. The maximum atomic E-state index is 13.4. The van der Waals surface area contributed by atoms with Crippen molar-refractivity contribution < 1.29 is 14.3 Å². The molecule has 0 atom stereocenters. The molecule has 1 fully saturated rings. The molecule has 0 aliphatic carbocycles. The number of amides is 2. The first kappa shape index (κ1) is 28.7. The highest BCUT2D eigenvalue weighted by Gasteiger charge is 2.23. The summed E-state index contributed by atoms with van der Waals surface area (Å²) < 4.78 is 5.44. The van der Waals surface area contributed by atoms with Crippen LogP contribution in [0.3, 0.4) is 0 Å². The van der Waals surface area contributed by atoms with E-state index in [4.69, 9.17) is 27.9 Å². The Hall–Kier alpha value is -3.32. The van der Waals surface area contributed by atoms with E-state index in [2.05, 4.69) is 4.90 Å². The minimum atomic E-state index is -0.0501. The zero-order valence-corrected chi connectivity index (χ0v) is 23.8. The van der Waals surface area contributed by atoms with Crippen molar-refractivity contribution in [2.45, 2.75) is 6.92 Å². The van der Waals surface area contributed by atoms with Gasteiger partial charge >= 0.3 is 0 Å². The van der Waals surface area contributed by atoms with E-state index in [9.17, 15) is 9.59 Å². The van der Waals surface area contributed by atoms with Crippen molar-refractivity contribution in [1.29, 1.82) is 0 Å². The minimum Gasteiger partial charge on any atom is -0.496 e. The Kier molecular flexibility index (Phi) is 10.0. The summed E-state index contributed by atoms with van der Waals surface area (Å²) in [6, 6.07) is 20.4. The number of hydrogen-bond acceptors (Lipinski definition) is 4. The van der Waals surface area contributed by atoms with Crippen LogP contribution in [0.5, 0.6) is 5.75 Å². The van der Waals surface area contributed by atoms with E-state index in [1.807, 2.05) is 77.4 Å². The van der Waals surface area contributed by atoms with E-state index in [0.29, 0.717) is 47.4 Å². The summed E-state index contributed by atoms with van der Waals surface area (Å²) >= 11 is 12.1. The Balaban J connectivity index is 1.37. The van der Waals surface area contributed by atoms with E-state index >= 15 is 0 Å². The minimum absolute atomic E-state index is 0.00638. The van der Waals surface area contributed by atoms with Crippen molar-refractivity contribution in [2.24, 2.45) is 0 Å². The van der Waals surface area contributed by atoms with Gasteiger partial charge in [0.05, 0.1) is 17.2 Å². The summed E-state index contributed by atoms with van der Waals surface area (Å²) in [5.74, 6) is 0.734. The van der Waals surface area contributed by atoms with Crippen molar-refractivity contribution >= 4 is 41.1 Å². The topological polar surface area (TPSA) is 53.1 Å². The van der Waals surface area contributed by atoms with Gasteiger partial charge in [0.2, 0.25) is 0 Å². The van der Waals surface area contributed by atoms with Crippen LogP contribution < -0.4 is 4.74 Å². The fraction of sp³-hybridized carbons (Fsp3) is 0.290. The highest BCUT2D eigenvalue weighted by atomic mass is 35.5. The van der Waals surface area contributed by atoms with Gasteiger partial charge in [-0.05, 0) is 43.3 Å². The molecule has 0 saturated carbocycles. The zero-order chi connectivity index (χ0) is 27.8. The van der Waals surface area contributed by atoms with Crippen molar-refractivity contribution in [3.8, 4) is 5.75 Å². The average Bonchev–Trinajstić information content (AvgIpc) is 2.96. The SMILES string of the molecule is COc1ccccc1/C=C/CN(CCN1CCN(C(=O)c2ccc(Cl)c(Cl)c2)CC1)C(=O)c1ccc(C)cc1.